The zero-order valence-electron chi connectivity index (χ0n) is 11.3. The number of benzene rings is 2. The van der Waals surface area contributed by atoms with Gasteiger partial charge in [0.1, 0.15) is 0 Å². The van der Waals surface area contributed by atoms with Crippen LogP contribution in [0.3, 0.4) is 0 Å². The highest BCUT2D eigenvalue weighted by Crippen LogP contribution is 2.16. The number of hydrogen-bond acceptors (Lipinski definition) is 4. The molecule has 0 aliphatic heterocycles. The third kappa shape index (κ3) is 3.59. The lowest BCUT2D eigenvalue weighted by molar-refractivity contribution is 0.602. The predicted molar refractivity (Wildman–Crippen MR) is 81.2 cm³/mol. The Morgan fingerprint density at radius 1 is 1.00 bits per heavy atom. The molecule has 0 amide bonds. The van der Waals surface area contributed by atoms with Crippen molar-refractivity contribution in [1.29, 1.82) is 0 Å². The van der Waals surface area contributed by atoms with Gasteiger partial charge in [-0.05, 0) is 35.4 Å². The first kappa shape index (κ1) is 14.6. The topological polar surface area (TPSA) is 72.2 Å². The first-order valence-electron chi connectivity index (χ1n) is 6.31. The van der Waals surface area contributed by atoms with Crippen LogP contribution in [0.5, 0.6) is 0 Å². The predicted octanol–water partition coefficient (Wildman–Crippen LogP) is 2.16. The second-order valence-electron chi connectivity index (χ2n) is 4.62. The summed E-state index contributed by atoms with van der Waals surface area (Å²) in [5.41, 5.74) is 8.82. The molecule has 106 valence electrons. The van der Waals surface area contributed by atoms with Crippen molar-refractivity contribution in [2.75, 3.05) is 11.6 Å². The Morgan fingerprint density at radius 2 is 1.60 bits per heavy atom. The summed E-state index contributed by atoms with van der Waals surface area (Å²) in [7, 11) is -3.14. The maximum absolute atomic E-state index is 11.4. The molecule has 0 fully saturated rings. The van der Waals surface area contributed by atoms with Crippen LogP contribution in [-0.2, 0) is 22.9 Å². The van der Waals surface area contributed by atoms with E-state index in [2.05, 4.69) is 5.32 Å². The highest BCUT2D eigenvalue weighted by molar-refractivity contribution is 7.90. The Hall–Kier alpha value is -1.85. The average Bonchev–Trinajstić information content (AvgIpc) is 2.45. The van der Waals surface area contributed by atoms with Gasteiger partial charge < -0.3 is 11.1 Å². The molecule has 0 unspecified atom stereocenters. The van der Waals surface area contributed by atoms with Crippen LogP contribution in [0.4, 0.5) is 5.69 Å². The van der Waals surface area contributed by atoms with Crippen molar-refractivity contribution in [2.45, 2.75) is 18.0 Å². The lowest BCUT2D eigenvalue weighted by Crippen LogP contribution is -2.06. The summed E-state index contributed by atoms with van der Waals surface area (Å²) in [5.74, 6) is 0. The molecule has 2 rings (SSSR count). The van der Waals surface area contributed by atoms with Crippen LogP contribution in [-0.4, -0.2) is 14.7 Å². The van der Waals surface area contributed by atoms with E-state index >= 15 is 0 Å². The minimum absolute atomic E-state index is 0.324. The number of nitrogens with one attached hydrogen (secondary N) is 1. The zero-order valence-corrected chi connectivity index (χ0v) is 12.2. The summed E-state index contributed by atoms with van der Waals surface area (Å²) in [6, 6.07) is 14.7. The van der Waals surface area contributed by atoms with Crippen LogP contribution in [0.15, 0.2) is 53.4 Å². The van der Waals surface area contributed by atoms with E-state index in [0.717, 1.165) is 16.8 Å². The fraction of sp³-hybridized carbons (Fsp3) is 0.200. The molecule has 0 saturated heterocycles. The fourth-order valence-electron chi connectivity index (χ4n) is 1.95. The van der Waals surface area contributed by atoms with Crippen molar-refractivity contribution in [3.05, 3.63) is 59.7 Å². The Kier molecular flexibility index (Phi) is 4.42. The van der Waals surface area contributed by atoms with Gasteiger partial charge in [-0.1, -0.05) is 24.3 Å². The second-order valence-corrected chi connectivity index (χ2v) is 6.64. The lowest BCUT2D eigenvalue weighted by Gasteiger charge is -2.10. The molecule has 0 heterocycles. The normalized spacial score (nSPS) is 11.3. The third-order valence-electron chi connectivity index (χ3n) is 3.10. The van der Waals surface area contributed by atoms with Crippen molar-refractivity contribution in [2.24, 2.45) is 5.73 Å². The van der Waals surface area contributed by atoms with Crippen molar-refractivity contribution < 1.29 is 8.42 Å². The largest absolute Gasteiger partial charge is 0.381 e. The summed E-state index contributed by atoms with van der Waals surface area (Å²) < 4.78 is 22.7. The molecule has 0 radical (unpaired) electrons. The summed E-state index contributed by atoms with van der Waals surface area (Å²) in [6.07, 6.45) is 1.20. The molecule has 0 bridgehead atoms. The smallest absolute Gasteiger partial charge is 0.175 e. The Morgan fingerprint density at radius 3 is 2.15 bits per heavy atom. The van der Waals surface area contributed by atoms with Gasteiger partial charge in [-0.25, -0.2) is 8.42 Å². The summed E-state index contributed by atoms with van der Waals surface area (Å²) in [6.45, 7) is 1.16. The molecule has 0 spiro atoms. The number of rotatable bonds is 5. The van der Waals surface area contributed by atoms with Gasteiger partial charge in [-0.2, -0.15) is 0 Å². The van der Waals surface area contributed by atoms with E-state index in [1.165, 1.54) is 6.26 Å². The number of sulfone groups is 1. The van der Waals surface area contributed by atoms with E-state index in [9.17, 15) is 8.42 Å². The molecule has 0 aromatic heterocycles. The van der Waals surface area contributed by atoms with Gasteiger partial charge in [-0.3, -0.25) is 0 Å². The Balaban J connectivity index is 2.08. The molecule has 20 heavy (non-hydrogen) atoms. The van der Waals surface area contributed by atoms with Crippen molar-refractivity contribution >= 4 is 15.5 Å². The second kappa shape index (κ2) is 6.07. The van der Waals surface area contributed by atoms with E-state index in [-0.39, 0.29) is 0 Å². The van der Waals surface area contributed by atoms with Gasteiger partial charge in [0.15, 0.2) is 9.84 Å². The van der Waals surface area contributed by atoms with Crippen LogP contribution in [0, 0.1) is 0 Å². The van der Waals surface area contributed by atoms with E-state index in [4.69, 9.17) is 5.73 Å². The van der Waals surface area contributed by atoms with Gasteiger partial charge in [0.05, 0.1) is 4.90 Å². The zero-order chi connectivity index (χ0) is 14.6. The van der Waals surface area contributed by atoms with E-state index in [0.29, 0.717) is 18.0 Å². The van der Waals surface area contributed by atoms with Crippen LogP contribution in [0.1, 0.15) is 11.1 Å². The van der Waals surface area contributed by atoms with Gasteiger partial charge in [0, 0.05) is 25.0 Å². The quantitative estimate of drug-likeness (QED) is 0.885. The van der Waals surface area contributed by atoms with Crippen molar-refractivity contribution in [3.63, 3.8) is 0 Å². The van der Waals surface area contributed by atoms with E-state index < -0.39 is 9.84 Å². The molecule has 0 aliphatic carbocycles. The fourth-order valence-corrected chi connectivity index (χ4v) is 2.58. The molecule has 4 nitrogen and oxygen atoms in total. The van der Waals surface area contributed by atoms with E-state index in [1.807, 2.05) is 24.3 Å². The number of nitrogens with two attached hydrogens (primary N) is 1. The third-order valence-corrected chi connectivity index (χ3v) is 4.23. The van der Waals surface area contributed by atoms with Gasteiger partial charge in [0.2, 0.25) is 0 Å². The van der Waals surface area contributed by atoms with Crippen LogP contribution in [0.25, 0.3) is 0 Å². The van der Waals surface area contributed by atoms with Crippen LogP contribution >= 0.6 is 0 Å². The lowest BCUT2D eigenvalue weighted by atomic mass is 10.1. The van der Waals surface area contributed by atoms with Gasteiger partial charge >= 0.3 is 0 Å². The minimum atomic E-state index is -3.14. The standard InChI is InChI=1S/C15H18N2O2S/c1-20(18,19)15-8-6-14(7-9-15)17-11-13-5-3-2-4-12(13)10-16/h2-9,17H,10-11,16H2,1H3. The molecule has 2 aromatic carbocycles. The maximum atomic E-state index is 11.4. The Bertz CT molecular complexity index is 679. The molecule has 2 aromatic rings. The molecule has 5 heteroatoms. The van der Waals surface area contributed by atoms with Gasteiger partial charge in [0.25, 0.3) is 0 Å². The maximum Gasteiger partial charge on any atom is 0.175 e. The molecular formula is C15H18N2O2S. The van der Waals surface area contributed by atoms with Crippen molar-refractivity contribution in [1.82, 2.24) is 0 Å². The monoisotopic (exact) mass is 290 g/mol. The molecule has 0 atom stereocenters. The molecule has 3 N–H and O–H groups in total. The average molecular weight is 290 g/mol. The highest BCUT2D eigenvalue weighted by Gasteiger charge is 2.06. The molecule has 0 aliphatic rings. The van der Waals surface area contributed by atoms with Crippen molar-refractivity contribution in [3.8, 4) is 0 Å². The first-order chi connectivity index (χ1) is 9.50. The number of hydrogen-bond donors (Lipinski definition) is 2. The van der Waals surface area contributed by atoms with Crippen LogP contribution in [0.2, 0.25) is 0 Å². The van der Waals surface area contributed by atoms with E-state index in [1.54, 1.807) is 24.3 Å². The Labute approximate surface area is 119 Å². The SMILES string of the molecule is CS(=O)(=O)c1ccc(NCc2ccccc2CN)cc1. The highest BCUT2D eigenvalue weighted by atomic mass is 32.2. The minimum Gasteiger partial charge on any atom is -0.381 e. The molecular weight excluding hydrogens is 272 g/mol. The molecule has 0 saturated carbocycles. The summed E-state index contributed by atoms with van der Waals surface area (Å²) in [4.78, 5) is 0.324. The van der Waals surface area contributed by atoms with Crippen LogP contribution < -0.4 is 11.1 Å². The van der Waals surface area contributed by atoms with Gasteiger partial charge in [-0.15, -0.1) is 0 Å². The first-order valence-corrected chi connectivity index (χ1v) is 8.20. The summed E-state index contributed by atoms with van der Waals surface area (Å²) >= 11 is 0. The number of anilines is 1. The summed E-state index contributed by atoms with van der Waals surface area (Å²) in [5, 5.41) is 3.26.